The zero-order chi connectivity index (χ0) is 17.8. The lowest BCUT2D eigenvalue weighted by Crippen LogP contribution is -2.29. The van der Waals surface area contributed by atoms with E-state index in [-0.39, 0.29) is 12.0 Å². The first-order chi connectivity index (χ1) is 12.1. The SMILES string of the molecule is CCCCCCN1C(=O)/C(=C/C2=Cc3ccccc3O[C@@H]2C)SC1=S. The molecule has 5 heteroatoms. The zero-order valence-corrected chi connectivity index (χ0v) is 16.3. The average molecular weight is 374 g/mol. The van der Waals surface area contributed by atoms with E-state index >= 15 is 0 Å². The average Bonchev–Trinajstić information content (AvgIpc) is 2.86. The van der Waals surface area contributed by atoms with Gasteiger partial charge in [-0.25, -0.2) is 0 Å². The molecule has 2 aliphatic rings. The number of unbranched alkanes of at least 4 members (excludes halogenated alkanes) is 3. The maximum atomic E-state index is 12.7. The quantitative estimate of drug-likeness (QED) is 0.391. The first kappa shape index (κ1) is 18.2. The number of fused-ring (bicyclic) bond motifs is 1. The normalized spacial score (nSPS) is 21.4. The number of benzene rings is 1. The number of hydrogen-bond acceptors (Lipinski definition) is 4. The van der Waals surface area contributed by atoms with Crippen LogP contribution in [0.25, 0.3) is 6.08 Å². The molecule has 0 radical (unpaired) electrons. The first-order valence-corrected chi connectivity index (χ1v) is 10.0. The Labute approximate surface area is 159 Å². The Bertz CT molecular complexity index is 739. The summed E-state index contributed by atoms with van der Waals surface area (Å²) in [6.07, 6.45) is 8.48. The van der Waals surface area contributed by atoms with Gasteiger partial charge in [0.1, 0.15) is 16.2 Å². The van der Waals surface area contributed by atoms with Gasteiger partial charge in [0.2, 0.25) is 0 Å². The molecule has 1 aromatic rings. The van der Waals surface area contributed by atoms with Gasteiger partial charge in [0.25, 0.3) is 5.91 Å². The van der Waals surface area contributed by atoms with Crippen molar-refractivity contribution in [1.82, 2.24) is 4.90 Å². The molecule has 3 rings (SSSR count). The number of nitrogens with zero attached hydrogens (tertiary/aromatic N) is 1. The summed E-state index contributed by atoms with van der Waals surface area (Å²) in [6.45, 7) is 4.90. The molecular weight excluding hydrogens is 350 g/mol. The summed E-state index contributed by atoms with van der Waals surface area (Å²) in [5, 5.41) is 0. The summed E-state index contributed by atoms with van der Waals surface area (Å²) in [7, 11) is 0. The Balaban J connectivity index is 1.74. The Morgan fingerprint density at radius 1 is 1.28 bits per heavy atom. The van der Waals surface area contributed by atoms with E-state index in [0.29, 0.717) is 9.23 Å². The van der Waals surface area contributed by atoms with Crippen molar-refractivity contribution in [3.8, 4) is 5.75 Å². The van der Waals surface area contributed by atoms with Crippen molar-refractivity contribution in [1.29, 1.82) is 0 Å². The number of para-hydroxylation sites is 1. The van der Waals surface area contributed by atoms with Crippen molar-refractivity contribution in [3.63, 3.8) is 0 Å². The van der Waals surface area contributed by atoms with E-state index in [1.807, 2.05) is 37.3 Å². The van der Waals surface area contributed by atoms with Crippen LogP contribution in [0, 0.1) is 0 Å². The molecule has 1 amide bonds. The zero-order valence-electron chi connectivity index (χ0n) is 14.7. The van der Waals surface area contributed by atoms with Crippen LogP contribution in [0.2, 0.25) is 0 Å². The van der Waals surface area contributed by atoms with E-state index in [1.54, 1.807) is 4.90 Å². The molecule has 2 aliphatic heterocycles. The third-order valence-corrected chi connectivity index (χ3v) is 5.80. The van der Waals surface area contributed by atoms with Gasteiger partial charge in [-0.15, -0.1) is 0 Å². The number of carbonyl (C=O) groups is 1. The Hall–Kier alpha value is -1.59. The minimum atomic E-state index is -0.0806. The maximum absolute atomic E-state index is 12.7. The van der Waals surface area contributed by atoms with Crippen LogP contribution >= 0.6 is 24.0 Å². The smallest absolute Gasteiger partial charge is 0.266 e. The number of rotatable bonds is 6. The van der Waals surface area contributed by atoms with E-state index in [1.165, 1.54) is 24.6 Å². The van der Waals surface area contributed by atoms with Crippen molar-refractivity contribution < 1.29 is 9.53 Å². The predicted octanol–water partition coefficient (Wildman–Crippen LogP) is 5.18. The molecule has 1 fully saturated rings. The summed E-state index contributed by atoms with van der Waals surface area (Å²) < 4.78 is 6.62. The summed E-state index contributed by atoms with van der Waals surface area (Å²) in [4.78, 5) is 15.1. The van der Waals surface area contributed by atoms with Crippen LogP contribution in [0.15, 0.2) is 40.8 Å². The standard InChI is InChI=1S/C20H23NO2S2/c1-3-4-5-8-11-21-19(22)18(25-20(21)24)13-16-12-15-9-6-7-10-17(15)23-14(16)2/h6-7,9-10,12-14H,3-5,8,11H2,1-2H3/b18-13-/t14-/m1/s1. The third kappa shape index (κ3) is 4.15. The largest absolute Gasteiger partial charge is 0.485 e. The van der Waals surface area contributed by atoms with Crippen LogP contribution in [0.4, 0.5) is 0 Å². The second kappa shape index (κ2) is 8.19. The topological polar surface area (TPSA) is 29.5 Å². The Morgan fingerprint density at radius 2 is 2.08 bits per heavy atom. The molecule has 0 aliphatic carbocycles. The lowest BCUT2D eigenvalue weighted by molar-refractivity contribution is -0.122. The van der Waals surface area contributed by atoms with E-state index in [2.05, 4.69) is 13.0 Å². The van der Waals surface area contributed by atoms with Crippen molar-refractivity contribution in [2.24, 2.45) is 0 Å². The summed E-state index contributed by atoms with van der Waals surface area (Å²) >= 11 is 6.80. The first-order valence-electron chi connectivity index (χ1n) is 8.82. The van der Waals surface area contributed by atoms with E-state index in [0.717, 1.165) is 36.3 Å². The maximum Gasteiger partial charge on any atom is 0.266 e. The van der Waals surface area contributed by atoms with Gasteiger partial charge < -0.3 is 4.74 Å². The van der Waals surface area contributed by atoms with Gasteiger partial charge in [-0.1, -0.05) is 68.4 Å². The molecule has 0 bridgehead atoms. The number of hydrogen-bond donors (Lipinski definition) is 0. The highest BCUT2D eigenvalue weighted by Gasteiger charge is 2.32. The van der Waals surface area contributed by atoms with Gasteiger partial charge in [-0.3, -0.25) is 9.69 Å². The van der Waals surface area contributed by atoms with Gasteiger partial charge in [-0.2, -0.15) is 0 Å². The lowest BCUT2D eigenvalue weighted by atomic mass is 10.0. The van der Waals surface area contributed by atoms with Gasteiger partial charge >= 0.3 is 0 Å². The monoisotopic (exact) mass is 373 g/mol. The second-order valence-corrected chi connectivity index (χ2v) is 8.01. The molecule has 1 saturated heterocycles. The highest BCUT2D eigenvalue weighted by molar-refractivity contribution is 8.26. The number of thiocarbonyl (C=S) groups is 1. The van der Waals surface area contributed by atoms with Crippen LogP contribution in [0.3, 0.4) is 0 Å². The van der Waals surface area contributed by atoms with Gasteiger partial charge in [-0.05, 0) is 37.1 Å². The predicted molar refractivity (Wildman–Crippen MR) is 109 cm³/mol. The molecule has 0 saturated carbocycles. The molecular formula is C20H23NO2S2. The molecule has 1 atom stereocenters. The van der Waals surface area contributed by atoms with Crippen LogP contribution in [-0.2, 0) is 4.79 Å². The molecule has 25 heavy (non-hydrogen) atoms. The summed E-state index contributed by atoms with van der Waals surface area (Å²) in [5.41, 5.74) is 2.05. The van der Waals surface area contributed by atoms with E-state index < -0.39 is 0 Å². The van der Waals surface area contributed by atoms with Gasteiger partial charge in [0, 0.05) is 12.1 Å². The number of amides is 1. The molecule has 1 aromatic carbocycles. The molecule has 0 spiro atoms. The lowest BCUT2D eigenvalue weighted by Gasteiger charge is -2.23. The van der Waals surface area contributed by atoms with Crippen LogP contribution in [-0.4, -0.2) is 27.8 Å². The second-order valence-electron chi connectivity index (χ2n) is 6.34. The van der Waals surface area contributed by atoms with Crippen molar-refractivity contribution in [2.75, 3.05) is 6.54 Å². The minimum Gasteiger partial charge on any atom is -0.485 e. The van der Waals surface area contributed by atoms with E-state index in [9.17, 15) is 4.79 Å². The fraction of sp³-hybridized carbons (Fsp3) is 0.400. The van der Waals surface area contributed by atoms with Crippen molar-refractivity contribution >= 4 is 40.3 Å². The molecule has 132 valence electrons. The highest BCUT2D eigenvalue weighted by Crippen LogP contribution is 2.35. The van der Waals surface area contributed by atoms with Crippen LogP contribution in [0.5, 0.6) is 5.75 Å². The minimum absolute atomic E-state index is 0.0263. The van der Waals surface area contributed by atoms with Crippen LogP contribution < -0.4 is 4.74 Å². The molecule has 0 N–H and O–H groups in total. The van der Waals surface area contributed by atoms with Gasteiger partial charge in [0.15, 0.2) is 0 Å². The fourth-order valence-electron chi connectivity index (χ4n) is 2.96. The molecule has 0 unspecified atom stereocenters. The number of thioether (sulfide) groups is 1. The Morgan fingerprint density at radius 3 is 2.88 bits per heavy atom. The van der Waals surface area contributed by atoms with Crippen molar-refractivity contribution in [3.05, 3.63) is 46.4 Å². The molecule has 2 heterocycles. The molecule has 0 aromatic heterocycles. The van der Waals surface area contributed by atoms with Crippen LogP contribution in [0.1, 0.15) is 45.1 Å². The van der Waals surface area contributed by atoms with E-state index in [4.69, 9.17) is 17.0 Å². The summed E-state index contributed by atoms with van der Waals surface area (Å²) in [5.74, 6) is 0.911. The molecule has 3 nitrogen and oxygen atoms in total. The highest BCUT2D eigenvalue weighted by atomic mass is 32.2. The summed E-state index contributed by atoms with van der Waals surface area (Å²) in [6, 6.07) is 7.94. The number of ether oxygens (including phenoxy) is 1. The fourth-order valence-corrected chi connectivity index (χ4v) is 4.27. The third-order valence-electron chi connectivity index (χ3n) is 4.42. The number of carbonyl (C=O) groups excluding carboxylic acids is 1. The van der Waals surface area contributed by atoms with Crippen molar-refractivity contribution in [2.45, 2.75) is 45.6 Å². The Kier molecular flexibility index (Phi) is 5.97. The van der Waals surface area contributed by atoms with Gasteiger partial charge in [0.05, 0.1) is 4.91 Å².